The van der Waals surface area contributed by atoms with E-state index in [9.17, 15) is 0 Å². The third-order valence-electron chi connectivity index (χ3n) is 2.61. The van der Waals surface area contributed by atoms with Crippen molar-refractivity contribution in [2.75, 3.05) is 19.9 Å². The van der Waals surface area contributed by atoms with E-state index in [1.807, 2.05) is 12.1 Å². The standard InChI is InChI=1S/C12H17NO3/c14-11-3-1-10(2-4-11)7-13-8-12-5-6-15-9-16-12/h1-4,12-14H,5-9H2. The van der Waals surface area contributed by atoms with Gasteiger partial charge >= 0.3 is 0 Å². The number of ether oxygens (including phenoxy) is 2. The van der Waals surface area contributed by atoms with Crippen LogP contribution in [-0.4, -0.2) is 31.2 Å². The first kappa shape index (κ1) is 11.4. The zero-order valence-electron chi connectivity index (χ0n) is 9.19. The predicted molar refractivity (Wildman–Crippen MR) is 60.1 cm³/mol. The van der Waals surface area contributed by atoms with Gasteiger partial charge in [0.25, 0.3) is 0 Å². The van der Waals surface area contributed by atoms with Gasteiger partial charge in [-0.15, -0.1) is 0 Å². The van der Waals surface area contributed by atoms with Gasteiger partial charge in [-0.3, -0.25) is 0 Å². The highest BCUT2D eigenvalue weighted by Gasteiger charge is 2.12. The van der Waals surface area contributed by atoms with E-state index in [4.69, 9.17) is 14.6 Å². The fraction of sp³-hybridized carbons (Fsp3) is 0.500. The normalized spacial score (nSPS) is 20.9. The van der Waals surface area contributed by atoms with Gasteiger partial charge in [-0.05, 0) is 24.1 Å². The van der Waals surface area contributed by atoms with E-state index >= 15 is 0 Å². The van der Waals surface area contributed by atoms with Gasteiger partial charge in [0, 0.05) is 13.1 Å². The molecule has 0 amide bonds. The van der Waals surface area contributed by atoms with Crippen LogP contribution in [0.15, 0.2) is 24.3 Å². The van der Waals surface area contributed by atoms with Gasteiger partial charge < -0.3 is 19.9 Å². The van der Waals surface area contributed by atoms with Crippen molar-refractivity contribution < 1.29 is 14.6 Å². The molecule has 1 saturated heterocycles. The maximum atomic E-state index is 9.13. The molecule has 2 N–H and O–H groups in total. The summed E-state index contributed by atoms with van der Waals surface area (Å²) in [5, 5.41) is 12.5. The van der Waals surface area contributed by atoms with E-state index in [-0.39, 0.29) is 6.10 Å². The average Bonchev–Trinajstić information content (AvgIpc) is 2.33. The largest absolute Gasteiger partial charge is 0.508 e. The van der Waals surface area contributed by atoms with Crippen LogP contribution in [0.4, 0.5) is 0 Å². The first-order chi connectivity index (χ1) is 7.84. The van der Waals surface area contributed by atoms with Crippen LogP contribution in [0.3, 0.4) is 0 Å². The molecule has 88 valence electrons. The van der Waals surface area contributed by atoms with Crippen LogP contribution in [0.25, 0.3) is 0 Å². The minimum Gasteiger partial charge on any atom is -0.508 e. The molecular weight excluding hydrogens is 206 g/mol. The number of phenolic OH excluding ortho intramolecular Hbond substituents is 1. The molecule has 0 radical (unpaired) electrons. The van der Waals surface area contributed by atoms with Crippen molar-refractivity contribution in [3.63, 3.8) is 0 Å². The Morgan fingerprint density at radius 2 is 2.12 bits per heavy atom. The summed E-state index contributed by atoms with van der Waals surface area (Å²) in [6.07, 6.45) is 1.20. The van der Waals surface area contributed by atoms with E-state index in [0.29, 0.717) is 12.5 Å². The highest BCUT2D eigenvalue weighted by Crippen LogP contribution is 2.09. The summed E-state index contributed by atoms with van der Waals surface area (Å²) in [6, 6.07) is 7.21. The number of nitrogens with one attached hydrogen (secondary N) is 1. The average molecular weight is 223 g/mol. The number of hydrogen-bond donors (Lipinski definition) is 2. The van der Waals surface area contributed by atoms with Crippen molar-refractivity contribution in [3.05, 3.63) is 29.8 Å². The van der Waals surface area contributed by atoms with Crippen molar-refractivity contribution >= 4 is 0 Å². The predicted octanol–water partition coefficient (Wildman–Crippen LogP) is 1.24. The highest BCUT2D eigenvalue weighted by molar-refractivity contribution is 5.25. The second-order valence-electron chi connectivity index (χ2n) is 3.90. The molecule has 1 aromatic carbocycles. The Bertz CT molecular complexity index is 307. The molecule has 1 unspecified atom stereocenters. The van der Waals surface area contributed by atoms with Crippen LogP contribution >= 0.6 is 0 Å². The maximum absolute atomic E-state index is 9.13. The number of benzene rings is 1. The van der Waals surface area contributed by atoms with Gasteiger partial charge in [0.05, 0.1) is 12.7 Å². The van der Waals surface area contributed by atoms with E-state index in [1.54, 1.807) is 12.1 Å². The summed E-state index contributed by atoms with van der Waals surface area (Å²) in [4.78, 5) is 0. The molecule has 1 fully saturated rings. The molecule has 0 aromatic heterocycles. The highest BCUT2D eigenvalue weighted by atomic mass is 16.7. The molecule has 0 saturated carbocycles. The SMILES string of the molecule is Oc1ccc(CNCC2CCOCO2)cc1. The Kier molecular flexibility index (Phi) is 4.16. The molecule has 2 rings (SSSR count). The van der Waals surface area contributed by atoms with Crippen LogP contribution in [-0.2, 0) is 16.0 Å². The van der Waals surface area contributed by atoms with Crippen LogP contribution in [0.2, 0.25) is 0 Å². The van der Waals surface area contributed by atoms with Gasteiger partial charge in [-0.25, -0.2) is 0 Å². The molecule has 0 bridgehead atoms. The molecule has 1 atom stereocenters. The summed E-state index contributed by atoms with van der Waals surface area (Å²) in [5.41, 5.74) is 1.16. The molecule has 1 heterocycles. The summed E-state index contributed by atoms with van der Waals surface area (Å²) in [7, 11) is 0. The van der Waals surface area contributed by atoms with E-state index < -0.39 is 0 Å². The quantitative estimate of drug-likeness (QED) is 0.806. The number of aromatic hydroxyl groups is 1. The number of phenols is 1. The second kappa shape index (κ2) is 5.84. The van der Waals surface area contributed by atoms with Crippen LogP contribution in [0, 0.1) is 0 Å². The number of rotatable bonds is 4. The summed E-state index contributed by atoms with van der Waals surface area (Å²) < 4.78 is 10.5. The Labute approximate surface area is 95.2 Å². The van der Waals surface area contributed by atoms with E-state index in [1.165, 1.54) is 0 Å². The molecule has 1 aliphatic rings. The Hall–Kier alpha value is -1.10. The molecule has 16 heavy (non-hydrogen) atoms. The Morgan fingerprint density at radius 1 is 1.31 bits per heavy atom. The summed E-state index contributed by atoms with van der Waals surface area (Å²) >= 11 is 0. The lowest BCUT2D eigenvalue weighted by Gasteiger charge is -2.22. The molecule has 4 heteroatoms. The van der Waals surface area contributed by atoms with Crippen molar-refractivity contribution in [2.24, 2.45) is 0 Å². The summed E-state index contributed by atoms with van der Waals surface area (Å²) in [6.45, 7) is 2.82. The molecule has 1 aliphatic heterocycles. The molecule has 0 aliphatic carbocycles. The van der Waals surface area contributed by atoms with Crippen molar-refractivity contribution in [1.29, 1.82) is 0 Å². The molecule has 1 aromatic rings. The smallest absolute Gasteiger partial charge is 0.147 e. The van der Waals surface area contributed by atoms with Gasteiger partial charge in [-0.2, -0.15) is 0 Å². The molecular formula is C12H17NO3. The fourth-order valence-corrected chi connectivity index (χ4v) is 1.65. The van der Waals surface area contributed by atoms with E-state index in [2.05, 4.69) is 5.32 Å². The minimum atomic E-state index is 0.255. The lowest BCUT2D eigenvalue weighted by Crippen LogP contribution is -2.33. The van der Waals surface area contributed by atoms with Gasteiger partial charge in [0.2, 0.25) is 0 Å². The summed E-state index contributed by atoms with van der Waals surface area (Å²) in [5.74, 6) is 0.302. The second-order valence-corrected chi connectivity index (χ2v) is 3.90. The zero-order valence-corrected chi connectivity index (χ0v) is 9.19. The topological polar surface area (TPSA) is 50.7 Å². The zero-order chi connectivity index (χ0) is 11.2. The third-order valence-corrected chi connectivity index (χ3v) is 2.61. The van der Waals surface area contributed by atoms with Crippen molar-refractivity contribution in [2.45, 2.75) is 19.1 Å². The van der Waals surface area contributed by atoms with Gasteiger partial charge in [0.15, 0.2) is 0 Å². The first-order valence-electron chi connectivity index (χ1n) is 5.52. The van der Waals surface area contributed by atoms with Crippen LogP contribution in [0.1, 0.15) is 12.0 Å². The minimum absolute atomic E-state index is 0.255. The fourth-order valence-electron chi connectivity index (χ4n) is 1.65. The Balaban J connectivity index is 1.69. The molecule has 4 nitrogen and oxygen atoms in total. The lowest BCUT2D eigenvalue weighted by atomic mass is 10.2. The molecule has 0 spiro atoms. The monoisotopic (exact) mass is 223 g/mol. The van der Waals surface area contributed by atoms with Crippen molar-refractivity contribution in [1.82, 2.24) is 5.32 Å². The van der Waals surface area contributed by atoms with Gasteiger partial charge in [-0.1, -0.05) is 12.1 Å². The van der Waals surface area contributed by atoms with Crippen LogP contribution in [0.5, 0.6) is 5.75 Å². The van der Waals surface area contributed by atoms with Crippen molar-refractivity contribution in [3.8, 4) is 5.75 Å². The lowest BCUT2D eigenvalue weighted by molar-refractivity contribution is -0.137. The maximum Gasteiger partial charge on any atom is 0.147 e. The number of hydrogen-bond acceptors (Lipinski definition) is 4. The van der Waals surface area contributed by atoms with E-state index in [0.717, 1.165) is 31.7 Å². The first-order valence-corrected chi connectivity index (χ1v) is 5.52. The van der Waals surface area contributed by atoms with Crippen LogP contribution < -0.4 is 5.32 Å². The Morgan fingerprint density at radius 3 is 2.81 bits per heavy atom. The van der Waals surface area contributed by atoms with Gasteiger partial charge in [0.1, 0.15) is 12.5 Å². The third kappa shape index (κ3) is 3.48.